The SMILES string of the molecule is CCC(C)N(C(=O)C(Cc1ccccc1)NC(=O)OC(C)(C)C)C(C(=O)Nc1ccc(OC)cc1)c1cccc(C)c1. The minimum Gasteiger partial charge on any atom is -0.497 e. The van der Waals surface area contributed by atoms with Crippen LogP contribution in [0.4, 0.5) is 10.5 Å². The average Bonchev–Trinajstić information content (AvgIpc) is 2.94. The van der Waals surface area contributed by atoms with Crippen molar-refractivity contribution in [1.29, 1.82) is 0 Å². The maximum Gasteiger partial charge on any atom is 0.408 e. The number of carbonyl (C=O) groups excluding carboxylic acids is 3. The molecule has 224 valence electrons. The molecule has 0 aliphatic heterocycles. The number of anilines is 1. The first-order valence-electron chi connectivity index (χ1n) is 14.3. The molecule has 0 aliphatic carbocycles. The second-order valence-electron chi connectivity index (χ2n) is 11.4. The van der Waals surface area contributed by atoms with Gasteiger partial charge in [-0.25, -0.2) is 4.79 Å². The number of hydrogen-bond donors (Lipinski definition) is 2. The number of nitrogens with zero attached hydrogens (tertiary/aromatic N) is 1. The van der Waals surface area contributed by atoms with Gasteiger partial charge < -0.3 is 25.0 Å². The number of nitrogens with one attached hydrogen (secondary N) is 2. The van der Waals surface area contributed by atoms with Gasteiger partial charge >= 0.3 is 6.09 Å². The van der Waals surface area contributed by atoms with Gasteiger partial charge in [0.05, 0.1) is 7.11 Å². The van der Waals surface area contributed by atoms with E-state index in [0.717, 1.165) is 11.1 Å². The average molecular weight is 574 g/mol. The van der Waals surface area contributed by atoms with E-state index in [1.807, 2.05) is 75.4 Å². The van der Waals surface area contributed by atoms with Crippen LogP contribution in [-0.4, -0.2) is 47.6 Å². The third-order valence-corrected chi connectivity index (χ3v) is 6.83. The van der Waals surface area contributed by atoms with Crippen molar-refractivity contribution in [3.63, 3.8) is 0 Å². The Kier molecular flexibility index (Phi) is 11.1. The predicted octanol–water partition coefficient (Wildman–Crippen LogP) is 6.45. The maximum absolute atomic E-state index is 14.5. The lowest BCUT2D eigenvalue weighted by Crippen LogP contribution is -2.55. The van der Waals surface area contributed by atoms with Gasteiger partial charge in [0.2, 0.25) is 5.91 Å². The number of rotatable bonds is 11. The van der Waals surface area contributed by atoms with Crippen molar-refractivity contribution in [3.8, 4) is 5.75 Å². The summed E-state index contributed by atoms with van der Waals surface area (Å²) in [7, 11) is 1.58. The van der Waals surface area contributed by atoms with E-state index in [1.54, 1.807) is 57.0 Å². The fourth-order valence-corrected chi connectivity index (χ4v) is 4.64. The quantitative estimate of drug-likeness (QED) is 0.275. The van der Waals surface area contributed by atoms with Gasteiger partial charge in [-0.2, -0.15) is 0 Å². The summed E-state index contributed by atoms with van der Waals surface area (Å²) < 4.78 is 10.8. The molecule has 3 amide bonds. The summed E-state index contributed by atoms with van der Waals surface area (Å²) in [4.78, 5) is 43.2. The van der Waals surface area contributed by atoms with Crippen LogP contribution in [0.1, 0.15) is 63.8 Å². The zero-order chi connectivity index (χ0) is 30.9. The Labute approximate surface area is 249 Å². The first-order valence-corrected chi connectivity index (χ1v) is 14.3. The molecule has 0 heterocycles. The molecular formula is C34H43N3O5. The highest BCUT2D eigenvalue weighted by Crippen LogP contribution is 2.29. The molecule has 3 atom stereocenters. The molecule has 0 aromatic heterocycles. The number of aryl methyl sites for hydroxylation is 1. The molecule has 0 fully saturated rings. The largest absolute Gasteiger partial charge is 0.497 e. The van der Waals surface area contributed by atoms with Crippen molar-refractivity contribution in [2.45, 2.75) is 78.1 Å². The molecule has 8 nitrogen and oxygen atoms in total. The molecule has 8 heteroatoms. The summed E-state index contributed by atoms with van der Waals surface area (Å²) >= 11 is 0. The topological polar surface area (TPSA) is 97.0 Å². The second kappa shape index (κ2) is 14.5. The van der Waals surface area contributed by atoms with Crippen LogP contribution in [0.15, 0.2) is 78.9 Å². The molecule has 0 spiro atoms. The van der Waals surface area contributed by atoms with Gasteiger partial charge in [-0.15, -0.1) is 0 Å². The predicted molar refractivity (Wildman–Crippen MR) is 165 cm³/mol. The van der Waals surface area contributed by atoms with E-state index >= 15 is 0 Å². The molecule has 2 N–H and O–H groups in total. The normalized spacial score (nSPS) is 13.3. The molecule has 0 saturated carbocycles. The van der Waals surface area contributed by atoms with E-state index in [0.29, 0.717) is 23.4 Å². The molecule has 0 bridgehead atoms. The van der Waals surface area contributed by atoms with Crippen LogP contribution in [0.5, 0.6) is 5.75 Å². The molecule has 0 radical (unpaired) electrons. The van der Waals surface area contributed by atoms with Crippen molar-refractivity contribution >= 4 is 23.6 Å². The van der Waals surface area contributed by atoms with Crippen molar-refractivity contribution < 1.29 is 23.9 Å². The van der Waals surface area contributed by atoms with Crippen LogP contribution in [0, 0.1) is 6.92 Å². The highest BCUT2D eigenvalue weighted by molar-refractivity contribution is 5.99. The first kappa shape index (κ1) is 32.2. The minimum atomic E-state index is -0.975. The summed E-state index contributed by atoms with van der Waals surface area (Å²) in [6, 6.07) is 21.8. The smallest absolute Gasteiger partial charge is 0.408 e. The van der Waals surface area contributed by atoms with Crippen LogP contribution >= 0.6 is 0 Å². The zero-order valence-electron chi connectivity index (χ0n) is 25.6. The van der Waals surface area contributed by atoms with Gasteiger partial charge in [-0.1, -0.05) is 67.1 Å². The highest BCUT2D eigenvalue weighted by Gasteiger charge is 2.38. The van der Waals surface area contributed by atoms with E-state index in [-0.39, 0.29) is 24.3 Å². The third kappa shape index (κ3) is 9.09. The van der Waals surface area contributed by atoms with Gasteiger partial charge in [-0.05, 0) is 76.4 Å². The van der Waals surface area contributed by atoms with E-state index in [9.17, 15) is 14.4 Å². The number of amides is 3. The molecule has 0 aliphatic rings. The molecule has 42 heavy (non-hydrogen) atoms. The zero-order valence-corrected chi connectivity index (χ0v) is 25.6. The van der Waals surface area contributed by atoms with Crippen LogP contribution < -0.4 is 15.4 Å². The number of benzene rings is 3. The van der Waals surface area contributed by atoms with E-state index in [1.165, 1.54) is 0 Å². The minimum absolute atomic E-state index is 0.229. The Hall–Kier alpha value is -4.33. The number of alkyl carbamates (subject to hydrolysis) is 1. The monoisotopic (exact) mass is 573 g/mol. The molecule has 3 aromatic rings. The van der Waals surface area contributed by atoms with Crippen LogP contribution in [0.2, 0.25) is 0 Å². The number of hydrogen-bond acceptors (Lipinski definition) is 5. The van der Waals surface area contributed by atoms with Gasteiger partial charge in [0.25, 0.3) is 5.91 Å². The number of methoxy groups -OCH3 is 1. The number of carbonyl (C=O) groups is 3. The van der Waals surface area contributed by atoms with Gasteiger partial charge in [0.1, 0.15) is 23.4 Å². The summed E-state index contributed by atoms with van der Waals surface area (Å²) in [5.74, 6) is -0.0813. The summed E-state index contributed by atoms with van der Waals surface area (Å²) in [6.07, 6.45) is 0.122. The Morgan fingerprint density at radius 2 is 1.60 bits per heavy atom. The Morgan fingerprint density at radius 1 is 0.929 bits per heavy atom. The molecule has 3 aromatic carbocycles. The van der Waals surface area contributed by atoms with Crippen LogP contribution in [-0.2, 0) is 20.7 Å². The van der Waals surface area contributed by atoms with Crippen LogP contribution in [0.25, 0.3) is 0 Å². The third-order valence-electron chi connectivity index (χ3n) is 6.83. The lowest BCUT2D eigenvalue weighted by atomic mass is 9.97. The number of ether oxygens (including phenoxy) is 2. The van der Waals surface area contributed by atoms with E-state index < -0.39 is 23.8 Å². The highest BCUT2D eigenvalue weighted by atomic mass is 16.6. The molecule has 3 rings (SSSR count). The van der Waals surface area contributed by atoms with E-state index in [4.69, 9.17) is 9.47 Å². The fraction of sp³-hybridized carbons (Fsp3) is 0.382. The second-order valence-corrected chi connectivity index (χ2v) is 11.4. The Bertz CT molecular complexity index is 1340. The van der Waals surface area contributed by atoms with Crippen LogP contribution in [0.3, 0.4) is 0 Å². The first-order chi connectivity index (χ1) is 19.9. The van der Waals surface area contributed by atoms with Gasteiger partial charge in [0.15, 0.2) is 0 Å². The van der Waals surface area contributed by atoms with Gasteiger partial charge in [-0.3, -0.25) is 9.59 Å². The van der Waals surface area contributed by atoms with Crippen molar-refractivity contribution in [1.82, 2.24) is 10.2 Å². The van der Waals surface area contributed by atoms with E-state index in [2.05, 4.69) is 10.6 Å². The molecule has 0 saturated heterocycles. The Balaban J connectivity index is 2.07. The fourth-order valence-electron chi connectivity index (χ4n) is 4.64. The van der Waals surface area contributed by atoms with Gasteiger partial charge in [0, 0.05) is 18.2 Å². The Morgan fingerprint density at radius 3 is 2.17 bits per heavy atom. The summed E-state index contributed by atoms with van der Waals surface area (Å²) in [5, 5.41) is 5.79. The summed E-state index contributed by atoms with van der Waals surface area (Å²) in [5.41, 5.74) is 2.32. The summed E-state index contributed by atoms with van der Waals surface area (Å²) in [6.45, 7) is 11.1. The molecular weight excluding hydrogens is 530 g/mol. The van der Waals surface area contributed by atoms with Crippen molar-refractivity contribution in [3.05, 3.63) is 95.6 Å². The maximum atomic E-state index is 14.5. The van der Waals surface area contributed by atoms with Crippen molar-refractivity contribution in [2.24, 2.45) is 0 Å². The van der Waals surface area contributed by atoms with Crippen molar-refractivity contribution in [2.75, 3.05) is 12.4 Å². The standard InChI is InChI=1S/C34H43N3O5/c1-8-24(3)37(32(39)29(22-25-14-10-9-11-15-25)36-33(40)42-34(4,5)6)30(26-16-12-13-23(2)21-26)31(38)35-27-17-19-28(41-7)20-18-27/h9-21,24,29-30H,8,22H2,1-7H3,(H,35,38)(H,36,40). The lowest BCUT2D eigenvalue weighted by Gasteiger charge is -2.38. The molecule has 3 unspecified atom stereocenters. The lowest BCUT2D eigenvalue weighted by molar-refractivity contribution is -0.143.